The summed E-state index contributed by atoms with van der Waals surface area (Å²) in [6.45, 7) is 4.05. The summed E-state index contributed by atoms with van der Waals surface area (Å²) in [5.74, 6) is 0. The van der Waals surface area contributed by atoms with Crippen LogP contribution in [-0.4, -0.2) is 26.9 Å². The number of anilines is 1. The van der Waals surface area contributed by atoms with Crippen LogP contribution in [0.5, 0.6) is 0 Å². The molecule has 0 spiro atoms. The number of rotatable bonds is 5. The molecule has 0 radical (unpaired) electrons. The molecule has 1 unspecified atom stereocenters. The Labute approximate surface area is 188 Å². The quantitative estimate of drug-likeness (QED) is 0.548. The van der Waals surface area contributed by atoms with E-state index in [1.165, 1.54) is 6.26 Å². The molecule has 5 nitrogen and oxygen atoms in total. The van der Waals surface area contributed by atoms with Gasteiger partial charge in [0.1, 0.15) is 6.10 Å². The second kappa shape index (κ2) is 8.28. The Hall–Kier alpha value is -3.38. The first-order valence-corrected chi connectivity index (χ1v) is 12.2. The zero-order chi connectivity index (χ0) is 22.9. The molecular formula is C26H25NO4S. The molecule has 3 aromatic carbocycles. The Bertz CT molecular complexity index is 1260. The Kier molecular flexibility index (Phi) is 5.65. The van der Waals surface area contributed by atoms with Gasteiger partial charge in [0, 0.05) is 22.9 Å². The molecule has 0 bridgehead atoms. The first-order valence-electron chi connectivity index (χ1n) is 10.3. The fourth-order valence-electron chi connectivity index (χ4n) is 4.18. The molecule has 0 aromatic heterocycles. The number of carbonyl (C=O) groups excluding carboxylic acids is 1. The lowest BCUT2D eigenvalue weighted by Crippen LogP contribution is -2.45. The second-order valence-corrected chi connectivity index (χ2v) is 10.5. The van der Waals surface area contributed by atoms with E-state index in [9.17, 15) is 13.2 Å². The van der Waals surface area contributed by atoms with Gasteiger partial charge in [0.05, 0.1) is 4.90 Å². The minimum absolute atomic E-state index is 0.273. The fraction of sp³-hybridized carbons (Fsp3) is 0.192. The molecule has 1 aliphatic rings. The molecule has 1 atom stereocenters. The molecule has 3 aromatic rings. The molecule has 0 aliphatic heterocycles. The molecule has 0 fully saturated rings. The van der Waals surface area contributed by atoms with Gasteiger partial charge in [0.25, 0.3) is 0 Å². The van der Waals surface area contributed by atoms with Crippen LogP contribution < -0.4 is 5.32 Å². The van der Waals surface area contributed by atoms with Gasteiger partial charge in [0.15, 0.2) is 9.84 Å². The summed E-state index contributed by atoms with van der Waals surface area (Å²) in [6, 6.07) is 25.8. The van der Waals surface area contributed by atoms with Crippen molar-refractivity contribution in [1.82, 2.24) is 0 Å². The van der Waals surface area contributed by atoms with Crippen molar-refractivity contribution in [3.8, 4) is 0 Å². The molecule has 6 heteroatoms. The van der Waals surface area contributed by atoms with Gasteiger partial charge in [-0.2, -0.15) is 0 Å². The van der Waals surface area contributed by atoms with Crippen molar-refractivity contribution >= 4 is 32.8 Å². The van der Waals surface area contributed by atoms with E-state index in [0.717, 1.165) is 22.3 Å². The van der Waals surface area contributed by atoms with Gasteiger partial charge in [-0.25, -0.2) is 13.2 Å². The van der Waals surface area contributed by atoms with Gasteiger partial charge in [-0.1, -0.05) is 74.5 Å². The van der Waals surface area contributed by atoms with Crippen molar-refractivity contribution in [2.45, 2.75) is 24.8 Å². The van der Waals surface area contributed by atoms with Crippen LogP contribution in [0, 0.1) is 5.41 Å². The third kappa shape index (κ3) is 4.18. The fourth-order valence-corrected chi connectivity index (χ4v) is 4.81. The first-order chi connectivity index (χ1) is 15.2. The highest BCUT2D eigenvalue weighted by Crippen LogP contribution is 2.57. The second-order valence-electron chi connectivity index (χ2n) is 8.45. The van der Waals surface area contributed by atoms with E-state index in [1.807, 2.05) is 74.5 Å². The summed E-state index contributed by atoms with van der Waals surface area (Å²) in [5, 5.41) is 2.78. The van der Waals surface area contributed by atoms with Crippen LogP contribution in [0.15, 0.2) is 89.8 Å². The number of para-hydroxylation sites is 1. The molecule has 164 valence electrons. The Morgan fingerprint density at radius 2 is 1.41 bits per heavy atom. The molecule has 0 saturated heterocycles. The van der Waals surface area contributed by atoms with Gasteiger partial charge in [-0.15, -0.1) is 0 Å². The molecular weight excluding hydrogens is 422 g/mol. The number of nitrogens with one attached hydrogen (secondary N) is 1. The molecule has 32 heavy (non-hydrogen) atoms. The average Bonchev–Trinajstić information content (AvgIpc) is 2.76. The largest absolute Gasteiger partial charge is 0.440 e. The van der Waals surface area contributed by atoms with Crippen LogP contribution in [0.1, 0.15) is 25.0 Å². The zero-order valence-corrected chi connectivity index (χ0v) is 19.0. The zero-order valence-electron chi connectivity index (χ0n) is 18.2. The standard InChI is InChI=1S/C26H25NO4S/c1-26(2)23(19-14-16-21(17-15-19)32(3,29)30)22(18-10-6-4-7-11-18)24(26)31-25(28)27-20-12-8-5-9-13-20/h4-17,24H,1-3H3,(H,27,28). The lowest BCUT2D eigenvalue weighted by Gasteiger charge is -2.48. The minimum atomic E-state index is -3.28. The van der Waals surface area contributed by atoms with E-state index in [1.54, 1.807) is 24.3 Å². The number of hydrogen-bond acceptors (Lipinski definition) is 4. The predicted molar refractivity (Wildman–Crippen MR) is 127 cm³/mol. The number of ether oxygens (including phenoxy) is 1. The lowest BCUT2D eigenvalue weighted by molar-refractivity contribution is 0.0823. The van der Waals surface area contributed by atoms with Gasteiger partial charge in [-0.05, 0) is 41.0 Å². The summed E-state index contributed by atoms with van der Waals surface area (Å²) >= 11 is 0. The predicted octanol–water partition coefficient (Wildman–Crippen LogP) is 5.66. The van der Waals surface area contributed by atoms with Crippen LogP contribution in [0.2, 0.25) is 0 Å². The van der Waals surface area contributed by atoms with E-state index in [0.29, 0.717) is 5.69 Å². The Balaban J connectivity index is 1.71. The minimum Gasteiger partial charge on any atom is -0.440 e. The lowest BCUT2D eigenvalue weighted by atomic mass is 9.60. The van der Waals surface area contributed by atoms with E-state index in [-0.39, 0.29) is 4.90 Å². The molecule has 4 rings (SSSR count). The van der Waals surface area contributed by atoms with Crippen molar-refractivity contribution in [1.29, 1.82) is 0 Å². The molecule has 0 saturated carbocycles. The Morgan fingerprint density at radius 1 is 0.844 bits per heavy atom. The monoisotopic (exact) mass is 447 g/mol. The highest BCUT2D eigenvalue weighted by molar-refractivity contribution is 7.90. The molecule has 1 N–H and O–H groups in total. The van der Waals surface area contributed by atoms with Gasteiger partial charge >= 0.3 is 6.09 Å². The van der Waals surface area contributed by atoms with Crippen molar-refractivity contribution in [3.05, 3.63) is 96.1 Å². The van der Waals surface area contributed by atoms with Crippen molar-refractivity contribution in [3.63, 3.8) is 0 Å². The maximum atomic E-state index is 12.7. The van der Waals surface area contributed by atoms with Crippen molar-refractivity contribution in [2.75, 3.05) is 11.6 Å². The third-order valence-electron chi connectivity index (χ3n) is 5.73. The summed E-state index contributed by atoms with van der Waals surface area (Å²) in [6.07, 6.45) is 0.214. The molecule has 0 heterocycles. The maximum absolute atomic E-state index is 12.7. The van der Waals surface area contributed by atoms with E-state index in [2.05, 4.69) is 5.32 Å². The first kappa shape index (κ1) is 21.8. The highest BCUT2D eigenvalue weighted by atomic mass is 32.2. The van der Waals surface area contributed by atoms with Crippen LogP contribution in [0.25, 0.3) is 11.1 Å². The summed E-state index contributed by atoms with van der Waals surface area (Å²) in [7, 11) is -3.28. The van der Waals surface area contributed by atoms with Crippen LogP contribution in [0.4, 0.5) is 10.5 Å². The van der Waals surface area contributed by atoms with E-state index < -0.39 is 27.4 Å². The maximum Gasteiger partial charge on any atom is 0.412 e. The smallest absolute Gasteiger partial charge is 0.412 e. The van der Waals surface area contributed by atoms with Gasteiger partial charge in [-0.3, -0.25) is 5.32 Å². The van der Waals surface area contributed by atoms with Crippen LogP contribution in [-0.2, 0) is 14.6 Å². The summed E-state index contributed by atoms with van der Waals surface area (Å²) in [5.41, 5.74) is 4.02. The molecule has 1 aliphatic carbocycles. The topological polar surface area (TPSA) is 72.5 Å². The van der Waals surface area contributed by atoms with Gasteiger partial charge in [0.2, 0.25) is 0 Å². The van der Waals surface area contributed by atoms with Gasteiger partial charge < -0.3 is 4.74 Å². The van der Waals surface area contributed by atoms with Crippen LogP contribution >= 0.6 is 0 Å². The van der Waals surface area contributed by atoms with E-state index in [4.69, 9.17) is 4.74 Å². The summed E-state index contributed by atoms with van der Waals surface area (Å²) < 4.78 is 29.6. The number of benzene rings is 3. The number of hydrogen-bond donors (Lipinski definition) is 1. The van der Waals surface area contributed by atoms with Crippen molar-refractivity contribution in [2.24, 2.45) is 5.41 Å². The normalized spacial score (nSPS) is 17.4. The number of sulfone groups is 1. The number of amides is 1. The number of carbonyl (C=O) groups is 1. The van der Waals surface area contributed by atoms with Crippen molar-refractivity contribution < 1.29 is 17.9 Å². The Morgan fingerprint density at radius 3 is 1.97 bits per heavy atom. The van der Waals surface area contributed by atoms with Crippen LogP contribution in [0.3, 0.4) is 0 Å². The average molecular weight is 448 g/mol. The highest BCUT2D eigenvalue weighted by Gasteiger charge is 2.50. The SMILES string of the molecule is CC1(C)C(c2ccc(S(C)(=O)=O)cc2)=C(c2ccccc2)C1OC(=O)Nc1ccccc1. The summed E-state index contributed by atoms with van der Waals surface area (Å²) in [4.78, 5) is 12.9. The molecule has 1 amide bonds. The third-order valence-corrected chi connectivity index (χ3v) is 6.86. The van der Waals surface area contributed by atoms with E-state index >= 15 is 0 Å².